The molecule has 0 bridgehead atoms. The van der Waals surface area contributed by atoms with Crippen LogP contribution in [0.15, 0.2) is 35.6 Å². The first-order valence-corrected chi connectivity index (χ1v) is 12.0. The van der Waals surface area contributed by atoms with Gasteiger partial charge < -0.3 is 19.7 Å². The molecule has 3 heterocycles. The Balaban J connectivity index is 1.55. The lowest BCUT2D eigenvalue weighted by Crippen LogP contribution is -2.40. The molecule has 2 N–H and O–H groups in total. The first kappa shape index (κ1) is 23.8. The number of rotatable bonds is 5. The van der Waals surface area contributed by atoms with Crippen LogP contribution in [0, 0.1) is 0 Å². The van der Waals surface area contributed by atoms with Gasteiger partial charge in [0.05, 0.1) is 19.4 Å². The molecule has 3 aromatic rings. The van der Waals surface area contributed by atoms with E-state index in [1.165, 1.54) is 22.5 Å². The summed E-state index contributed by atoms with van der Waals surface area (Å²) in [5.41, 5.74) is 1.13. The van der Waals surface area contributed by atoms with Crippen molar-refractivity contribution in [3.05, 3.63) is 36.0 Å². The molecule has 11 nitrogen and oxygen atoms in total. The van der Waals surface area contributed by atoms with E-state index in [0.29, 0.717) is 54.3 Å². The molecule has 1 fully saturated rings. The average Bonchev–Trinajstić information content (AvgIpc) is 3.21. The Morgan fingerprint density at radius 3 is 2.50 bits per heavy atom. The Labute approximate surface area is 201 Å². The van der Waals surface area contributed by atoms with E-state index in [2.05, 4.69) is 25.7 Å². The Hall–Kier alpha value is -3.38. The van der Waals surface area contributed by atoms with Gasteiger partial charge in [0, 0.05) is 24.3 Å². The molecule has 1 saturated heterocycles. The second kappa shape index (κ2) is 9.85. The number of aromatic nitrogens is 4. The molecule has 0 radical (unpaired) electrons. The fourth-order valence-corrected chi connectivity index (χ4v) is 3.65. The van der Waals surface area contributed by atoms with E-state index >= 15 is 0 Å². The van der Waals surface area contributed by atoms with Gasteiger partial charge in [-0.3, -0.25) is 10.1 Å². The van der Waals surface area contributed by atoms with Crippen molar-refractivity contribution in [1.29, 1.82) is 0 Å². The highest BCUT2D eigenvalue weighted by Gasteiger charge is 2.20. The van der Waals surface area contributed by atoms with Crippen LogP contribution in [0.2, 0.25) is 0 Å². The van der Waals surface area contributed by atoms with Crippen molar-refractivity contribution >= 4 is 46.7 Å². The van der Waals surface area contributed by atoms with Crippen molar-refractivity contribution < 1.29 is 19.1 Å². The quantitative estimate of drug-likeness (QED) is 0.523. The normalized spacial score (nSPS) is 14.2. The van der Waals surface area contributed by atoms with Crippen LogP contribution in [0.4, 0.5) is 22.1 Å². The highest BCUT2D eigenvalue weighted by molar-refractivity contribution is 7.98. The fourth-order valence-electron chi connectivity index (χ4n) is 3.31. The molecular weight excluding hydrogens is 458 g/mol. The first-order chi connectivity index (χ1) is 16.2. The zero-order valence-corrected chi connectivity index (χ0v) is 20.3. The molecular formula is C22H27N7O4S. The summed E-state index contributed by atoms with van der Waals surface area (Å²) in [5.74, 6) is 0.801. The van der Waals surface area contributed by atoms with Crippen molar-refractivity contribution in [2.45, 2.75) is 31.5 Å². The van der Waals surface area contributed by atoms with Gasteiger partial charge >= 0.3 is 6.09 Å². The summed E-state index contributed by atoms with van der Waals surface area (Å²) in [4.78, 5) is 35.6. The molecule has 0 aliphatic carbocycles. The van der Waals surface area contributed by atoms with E-state index in [4.69, 9.17) is 9.47 Å². The third-order valence-electron chi connectivity index (χ3n) is 4.85. The fraction of sp³-hybridized carbons (Fsp3) is 0.409. The van der Waals surface area contributed by atoms with Gasteiger partial charge in [0.25, 0.3) is 5.91 Å². The lowest BCUT2D eigenvalue weighted by molar-refractivity contribution is 0.0303. The van der Waals surface area contributed by atoms with Crippen LogP contribution in [0.25, 0.3) is 5.65 Å². The minimum atomic E-state index is -0.633. The number of benzene rings is 1. The maximum absolute atomic E-state index is 12.7. The van der Waals surface area contributed by atoms with Crippen molar-refractivity contribution in [2.75, 3.05) is 43.2 Å². The van der Waals surface area contributed by atoms with E-state index < -0.39 is 11.7 Å². The molecule has 12 heteroatoms. The van der Waals surface area contributed by atoms with Gasteiger partial charge in [-0.2, -0.15) is 9.50 Å². The van der Waals surface area contributed by atoms with Crippen molar-refractivity contribution in [3.8, 4) is 0 Å². The van der Waals surface area contributed by atoms with E-state index in [1.807, 2.05) is 18.4 Å². The summed E-state index contributed by atoms with van der Waals surface area (Å²) in [6.07, 6.45) is 2.75. The number of ether oxygens (including phenoxy) is 2. The number of imidazole rings is 1. The minimum absolute atomic E-state index is 0.0185. The Kier molecular flexibility index (Phi) is 6.89. The zero-order valence-electron chi connectivity index (χ0n) is 19.5. The molecule has 180 valence electrons. The Morgan fingerprint density at radius 1 is 1.15 bits per heavy atom. The number of carbonyl (C=O) groups is 2. The molecule has 0 atom stereocenters. The number of morpholine rings is 1. The standard InChI is InChI=1S/C22H27N7O4S/c1-22(2,3)33-21(31)25-16-13-23-18-17(26-20(34-4)27-29(16)18)24-15-7-5-14(6-8-15)19(30)28-9-11-32-12-10-28/h5-8,13H,9-12H2,1-4H3,(H,25,31)(H,24,26,27). The number of hydrogen-bond acceptors (Lipinski definition) is 9. The number of amides is 2. The van der Waals surface area contributed by atoms with Crippen LogP contribution in [0.5, 0.6) is 0 Å². The third kappa shape index (κ3) is 5.57. The number of thioether (sulfide) groups is 1. The monoisotopic (exact) mass is 485 g/mol. The SMILES string of the molecule is CSc1nc(Nc2ccc(C(=O)N3CCOCC3)cc2)c2ncc(NC(=O)OC(C)(C)C)n2n1. The third-order valence-corrected chi connectivity index (χ3v) is 5.39. The molecule has 2 amide bonds. The van der Waals surface area contributed by atoms with Crippen LogP contribution >= 0.6 is 11.8 Å². The molecule has 34 heavy (non-hydrogen) atoms. The first-order valence-electron chi connectivity index (χ1n) is 10.8. The van der Waals surface area contributed by atoms with E-state index in [9.17, 15) is 9.59 Å². The molecule has 1 aromatic carbocycles. The predicted octanol–water partition coefficient (Wildman–Crippen LogP) is 3.41. The summed E-state index contributed by atoms with van der Waals surface area (Å²) in [6.45, 7) is 7.66. The second-order valence-corrected chi connectivity index (χ2v) is 9.33. The number of hydrogen-bond donors (Lipinski definition) is 2. The van der Waals surface area contributed by atoms with Crippen molar-refractivity contribution in [3.63, 3.8) is 0 Å². The number of nitrogens with one attached hydrogen (secondary N) is 2. The van der Waals surface area contributed by atoms with Gasteiger partial charge in [0.1, 0.15) is 5.60 Å². The van der Waals surface area contributed by atoms with Gasteiger partial charge in [-0.1, -0.05) is 11.8 Å². The number of anilines is 3. The maximum Gasteiger partial charge on any atom is 0.413 e. The maximum atomic E-state index is 12.7. The van der Waals surface area contributed by atoms with Crippen molar-refractivity contribution in [2.24, 2.45) is 0 Å². The molecule has 0 spiro atoms. The Bertz CT molecular complexity index is 1180. The number of carbonyl (C=O) groups excluding carboxylic acids is 2. The average molecular weight is 486 g/mol. The van der Waals surface area contributed by atoms with Gasteiger partial charge in [0.2, 0.25) is 5.16 Å². The lowest BCUT2D eigenvalue weighted by Gasteiger charge is -2.26. The second-order valence-electron chi connectivity index (χ2n) is 8.56. The van der Waals surface area contributed by atoms with E-state index in [1.54, 1.807) is 37.8 Å². The van der Waals surface area contributed by atoms with Crippen LogP contribution in [-0.2, 0) is 9.47 Å². The van der Waals surface area contributed by atoms with Crippen LogP contribution < -0.4 is 10.6 Å². The van der Waals surface area contributed by atoms with E-state index in [0.717, 1.165) is 5.69 Å². The summed E-state index contributed by atoms with van der Waals surface area (Å²) < 4.78 is 12.1. The van der Waals surface area contributed by atoms with Crippen LogP contribution in [-0.4, -0.2) is 74.6 Å². The topological polar surface area (TPSA) is 123 Å². The van der Waals surface area contributed by atoms with Crippen LogP contribution in [0.1, 0.15) is 31.1 Å². The Morgan fingerprint density at radius 2 is 1.85 bits per heavy atom. The summed E-state index contributed by atoms with van der Waals surface area (Å²) in [7, 11) is 0. The minimum Gasteiger partial charge on any atom is -0.444 e. The zero-order chi connectivity index (χ0) is 24.3. The summed E-state index contributed by atoms with van der Waals surface area (Å²) >= 11 is 1.36. The molecule has 4 rings (SSSR count). The molecule has 0 saturated carbocycles. The highest BCUT2D eigenvalue weighted by Crippen LogP contribution is 2.24. The van der Waals surface area contributed by atoms with Gasteiger partial charge in [-0.05, 0) is 51.3 Å². The lowest BCUT2D eigenvalue weighted by atomic mass is 10.1. The predicted molar refractivity (Wildman–Crippen MR) is 129 cm³/mol. The number of fused-ring (bicyclic) bond motifs is 1. The molecule has 2 aromatic heterocycles. The number of nitrogens with zero attached hydrogens (tertiary/aromatic N) is 5. The van der Waals surface area contributed by atoms with Crippen molar-refractivity contribution in [1.82, 2.24) is 24.5 Å². The van der Waals surface area contributed by atoms with Gasteiger partial charge in [0.15, 0.2) is 17.3 Å². The summed E-state index contributed by atoms with van der Waals surface area (Å²) in [5, 5.41) is 10.8. The largest absolute Gasteiger partial charge is 0.444 e. The molecule has 0 unspecified atom stereocenters. The molecule has 1 aliphatic heterocycles. The van der Waals surface area contributed by atoms with Gasteiger partial charge in [-0.15, -0.1) is 5.10 Å². The highest BCUT2D eigenvalue weighted by atomic mass is 32.2. The summed E-state index contributed by atoms with van der Waals surface area (Å²) in [6, 6.07) is 7.17. The van der Waals surface area contributed by atoms with E-state index in [-0.39, 0.29) is 5.91 Å². The molecule has 1 aliphatic rings. The van der Waals surface area contributed by atoms with Crippen LogP contribution in [0.3, 0.4) is 0 Å². The van der Waals surface area contributed by atoms with Gasteiger partial charge in [-0.25, -0.2) is 9.78 Å². The smallest absolute Gasteiger partial charge is 0.413 e.